The molecular formula is C32H56O6. The minimum absolute atomic E-state index is 0.143. The molecule has 38 heavy (non-hydrogen) atoms. The molecule has 0 amide bonds. The highest BCUT2D eigenvalue weighted by Gasteiger charge is 2.01. The van der Waals surface area contributed by atoms with Crippen LogP contribution in [0.1, 0.15) is 116 Å². The van der Waals surface area contributed by atoms with E-state index in [9.17, 15) is 9.59 Å². The zero-order valence-electron chi connectivity index (χ0n) is 24.4. The summed E-state index contributed by atoms with van der Waals surface area (Å²) >= 11 is 0. The van der Waals surface area contributed by atoms with Crippen LogP contribution in [-0.2, 0) is 28.5 Å². The van der Waals surface area contributed by atoms with E-state index in [0.717, 1.165) is 25.4 Å². The second-order valence-electron chi connectivity index (χ2n) is 9.78. The van der Waals surface area contributed by atoms with E-state index in [0.29, 0.717) is 0 Å². The molecule has 0 aromatic carbocycles. The molecular weight excluding hydrogens is 480 g/mol. The lowest BCUT2D eigenvalue weighted by molar-refractivity contribution is -0.123. The Hall–Kier alpha value is -1.60. The average molecular weight is 537 g/mol. The Morgan fingerprint density at radius 2 is 0.737 bits per heavy atom. The fourth-order valence-electron chi connectivity index (χ4n) is 4.09. The molecule has 0 aliphatic heterocycles. The highest BCUT2D eigenvalue weighted by Crippen LogP contribution is 2.12. The number of allylic oxidation sites excluding steroid dienone is 4. The lowest BCUT2D eigenvalue weighted by Crippen LogP contribution is -2.12. The molecule has 0 rings (SSSR count). The molecule has 0 unspecified atom stereocenters. The maximum Gasteiger partial charge on any atom is 0.152 e. The molecule has 0 saturated heterocycles. The van der Waals surface area contributed by atoms with Gasteiger partial charge in [-0.2, -0.15) is 0 Å². The van der Waals surface area contributed by atoms with Crippen LogP contribution in [0.2, 0.25) is 0 Å². The Bertz CT molecular complexity index is 536. The molecule has 0 radical (unpaired) electrons. The highest BCUT2D eigenvalue weighted by molar-refractivity contribution is 5.59. The molecule has 220 valence electrons. The van der Waals surface area contributed by atoms with Crippen LogP contribution in [0.5, 0.6) is 0 Å². The van der Waals surface area contributed by atoms with Gasteiger partial charge in [0.15, 0.2) is 12.6 Å². The summed E-state index contributed by atoms with van der Waals surface area (Å²) in [6.07, 6.45) is 35.5. The van der Waals surface area contributed by atoms with Crippen molar-refractivity contribution in [2.24, 2.45) is 0 Å². The van der Waals surface area contributed by atoms with Crippen LogP contribution in [0.25, 0.3) is 0 Å². The number of ether oxygens (including phenoxy) is 4. The standard InChI is InChI=1S/C32H56O6/c1-35-29-37-31(27-33)25-23-21-19-17-15-13-11-9-7-5-3-4-6-8-10-12-14-16-18-20-22-24-26-32(28-34)38-30-36-2/h3-4,23-28,31-32H,5-22,29-30H2,1-2H3/b4-3-,25-23+,26-24+/t31-,32-/m0/s1. The molecule has 0 aliphatic carbocycles. The van der Waals surface area contributed by atoms with Crippen molar-refractivity contribution in [2.75, 3.05) is 27.8 Å². The van der Waals surface area contributed by atoms with Crippen molar-refractivity contribution in [3.05, 3.63) is 36.5 Å². The molecule has 0 aliphatic rings. The van der Waals surface area contributed by atoms with Crippen molar-refractivity contribution in [1.82, 2.24) is 0 Å². The maximum atomic E-state index is 10.9. The minimum atomic E-state index is -0.489. The Kier molecular flexibility index (Phi) is 30.3. The summed E-state index contributed by atoms with van der Waals surface area (Å²) in [6, 6.07) is 0. The second kappa shape index (κ2) is 31.6. The van der Waals surface area contributed by atoms with Crippen LogP contribution in [0.15, 0.2) is 36.5 Å². The fraction of sp³-hybridized carbons (Fsp3) is 0.750. The monoisotopic (exact) mass is 536 g/mol. The van der Waals surface area contributed by atoms with Gasteiger partial charge in [-0.25, -0.2) is 0 Å². The molecule has 0 aromatic heterocycles. The highest BCUT2D eigenvalue weighted by atomic mass is 16.7. The molecule has 6 nitrogen and oxygen atoms in total. The Labute approximate surface area is 233 Å². The summed E-state index contributed by atoms with van der Waals surface area (Å²) < 4.78 is 20.0. The van der Waals surface area contributed by atoms with Crippen molar-refractivity contribution in [3.63, 3.8) is 0 Å². The van der Waals surface area contributed by atoms with E-state index in [4.69, 9.17) is 18.9 Å². The van der Waals surface area contributed by atoms with Gasteiger partial charge >= 0.3 is 0 Å². The number of rotatable bonds is 30. The van der Waals surface area contributed by atoms with Crippen LogP contribution in [0.4, 0.5) is 0 Å². The summed E-state index contributed by atoms with van der Waals surface area (Å²) in [5.41, 5.74) is 0. The van der Waals surface area contributed by atoms with Crippen molar-refractivity contribution >= 4 is 12.6 Å². The van der Waals surface area contributed by atoms with Crippen LogP contribution >= 0.6 is 0 Å². The fourth-order valence-corrected chi connectivity index (χ4v) is 4.09. The van der Waals surface area contributed by atoms with E-state index in [1.807, 2.05) is 24.3 Å². The molecule has 2 atom stereocenters. The van der Waals surface area contributed by atoms with E-state index in [1.54, 1.807) is 14.2 Å². The third kappa shape index (κ3) is 27.4. The molecule has 0 aromatic rings. The topological polar surface area (TPSA) is 71.1 Å². The van der Waals surface area contributed by atoms with Gasteiger partial charge in [0.05, 0.1) is 0 Å². The predicted molar refractivity (Wildman–Crippen MR) is 156 cm³/mol. The van der Waals surface area contributed by atoms with Gasteiger partial charge in [-0.15, -0.1) is 0 Å². The Morgan fingerprint density at radius 1 is 0.447 bits per heavy atom. The third-order valence-electron chi connectivity index (χ3n) is 6.33. The van der Waals surface area contributed by atoms with Crippen molar-refractivity contribution in [2.45, 2.75) is 128 Å². The van der Waals surface area contributed by atoms with Gasteiger partial charge < -0.3 is 28.5 Å². The minimum Gasteiger partial charge on any atom is -0.359 e. The number of carbonyl (C=O) groups is 2. The predicted octanol–water partition coefficient (Wildman–Crippen LogP) is 8.05. The van der Waals surface area contributed by atoms with E-state index in [2.05, 4.69) is 12.2 Å². The van der Waals surface area contributed by atoms with E-state index in [1.165, 1.54) is 103 Å². The molecule has 0 bridgehead atoms. The van der Waals surface area contributed by atoms with Gasteiger partial charge in [0.25, 0.3) is 0 Å². The van der Waals surface area contributed by atoms with Gasteiger partial charge in [-0.05, 0) is 51.4 Å². The van der Waals surface area contributed by atoms with Crippen LogP contribution in [0.3, 0.4) is 0 Å². The normalized spacial score (nSPS) is 13.6. The third-order valence-corrected chi connectivity index (χ3v) is 6.33. The van der Waals surface area contributed by atoms with Gasteiger partial charge in [0.2, 0.25) is 0 Å². The first-order valence-corrected chi connectivity index (χ1v) is 14.9. The summed E-state index contributed by atoms with van der Waals surface area (Å²) in [7, 11) is 3.10. The van der Waals surface area contributed by atoms with Gasteiger partial charge in [0.1, 0.15) is 25.8 Å². The molecule has 0 saturated carbocycles. The number of carbonyl (C=O) groups excluding carboxylic acids is 2. The van der Waals surface area contributed by atoms with Gasteiger partial charge in [0, 0.05) is 14.2 Å². The van der Waals surface area contributed by atoms with Crippen molar-refractivity contribution in [3.8, 4) is 0 Å². The lowest BCUT2D eigenvalue weighted by Gasteiger charge is -2.05. The molecule has 6 heteroatoms. The Balaban J connectivity index is 3.34. The zero-order chi connectivity index (χ0) is 27.8. The van der Waals surface area contributed by atoms with Crippen molar-refractivity contribution in [1.29, 1.82) is 0 Å². The van der Waals surface area contributed by atoms with Crippen molar-refractivity contribution < 1.29 is 28.5 Å². The first-order chi connectivity index (χ1) is 18.8. The number of aldehydes is 2. The summed E-state index contributed by atoms with van der Waals surface area (Å²) in [5.74, 6) is 0. The average Bonchev–Trinajstić information content (AvgIpc) is 2.94. The molecule has 0 fully saturated rings. The molecule has 0 N–H and O–H groups in total. The first kappa shape index (κ1) is 36.4. The second-order valence-corrected chi connectivity index (χ2v) is 9.78. The van der Waals surface area contributed by atoms with Crippen LogP contribution < -0.4 is 0 Å². The number of hydrogen-bond acceptors (Lipinski definition) is 6. The Morgan fingerprint density at radius 3 is 1.03 bits per heavy atom. The van der Waals surface area contributed by atoms with Crippen LogP contribution in [0, 0.1) is 0 Å². The van der Waals surface area contributed by atoms with E-state index >= 15 is 0 Å². The lowest BCUT2D eigenvalue weighted by atomic mass is 10.1. The number of unbranched alkanes of at least 4 members (excludes halogenated alkanes) is 16. The largest absolute Gasteiger partial charge is 0.359 e. The van der Waals surface area contributed by atoms with Gasteiger partial charge in [-0.3, -0.25) is 0 Å². The maximum absolute atomic E-state index is 10.9. The molecule has 0 spiro atoms. The van der Waals surface area contributed by atoms with Gasteiger partial charge in [-0.1, -0.05) is 101 Å². The quantitative estimate of drug-likeness (QED) is 0.0400. The van der Waals surface area contributed by atoms with E-state index < -0.39 is 12.2 Å². The number of methoxy groups -OCH3 is 2. The first-order valence-electron chi connectivity index (χ1n) is 14.9. The number of hydrogen-bond donors (Lipinski definition) is 0. The summed E-state index contributed by atoms with van der Waals surface area (Å²) in [4.78, 5) is 21.7. The summed E-state index contributed by atoms with van der Waals surface area (Å²) in [5, 5.41) is 0. The summed E-state index contributed by atoms with van der Waals surface area (Å²) in [6.45, 7) is 0.287. The smallest absolute Gasteiger partial charge is 0.152 e. The van der Waals surface area contributed by atoms with Crippen LogP contribution in [-0.4, -0.2) is 52.6 Å². The zero-order valence-corrected chi connectivity index (χ0v) is 24.4. The van der Waals surface area contributed by atoms with E-state index in [-0.39, 0.29) is 13.6 Å². The SMILES string of the molecule is COCO[C@H](C=O)/C=C/CCCCCCCCC/C=C\CCCCCCCCC/C=C/[C@@H](C=O)OCOC. The molecule has 0 heterocycles.